The number of nitro benzene ring substituents is 1. The van der Waals surface area contributed by atoms with Crippen molar-refractivity contribution in [3.8, 4) is 0 Å². The Bertz CT molecular complexity index is 954. The smallest absolute Gasteiger partial charge is 0.272 e. The molecular weight excluding hydrogens is 360 g/mol. The maximum atomic E-state index is 11.1. The van der Waals surface area contributed by atoms with Crippen molar-refractivity contribution in [2.75, 3.05) is 0 Å². The van der Waals surface area contributed by atoms with Gasteiger partial charge in [0.05, 0.1) is 4.92 Å². The summed E-state index contributed by atoms with van der Waals surface area (Å²) in [5.74, 6) is 1.47. The van der Waals surface area contributed by atoms with Crippen molar-refractivity contribution in [1.82, 2.24) is 14.8 Å². The molecule has 0 aliphatic carbocycles. The van der Waals surface area contributed by atoms with Crippen molar-refractivity contribution >= 4 is 17.4 Å². The molecule has 0 atom stereocenters. The molecule has 0 N–H and O–H groups in total. The largest absolute Gasteiger partial charge is 0.302 e. The van der Waals surface area contributed by atoms with Gasteiger partial charge in [-0.3, -0.25) is 10.1 Å². The predicted octanol–water partition coefficient (Wildman–Crippen LogP) is 4.56. The van der Waals surface area contributed by atoms with Crippen molar-refractivity contribution < 1.29 is 4.92 Å². The lowest BCUT2D eigenvalue weighted by Crippen LogP contribution is -2.05. The zero-order valence-electron chi connectivity index (χ0n) is 15.0. The first-order valence-electron chi connectivity index (χ1n) is 8.52. The van der Waals surface area contributed by atoms with E-state index in [1.165, 1.54) is 23.4 Å². The highest BCUT2D eigenvalue weighted by Crippen LogP contribution is 2.28. The van der Waals surface area contributed by atoms with Crippen LogP contribution in [0.5, 0.6) is 0 Å². The molecular formula is C20H20N4O2S. The standard InChI is InChI=1S/C20H20N4O2S/c1-3-12-23-19(13-16-8-5-4-6-9-16)21-22-20(23)27-14-17-10-7-11-18(15(17)2)24(25)26/h3-11H,1,12-14H2,2H3. The fraction of sp³-hybridized carbons (Fsp3) is 0.200. The summed E-state index contributed by atoms with van der Waals surface area (Å²) in [6.07, 6.45) is 2.51. The molecule has 0 aliphatic heterocycles. The summed E-state index contributed by atoms with van der Waals surface area (Å²) in [4.78, 5) is 10.8. The minimum Gasteiger partial charge on any atom is -0.302 e. The minimum absolute atomic E-state index is 0.144. The lowest BCUT2D eigenvalue weighted by molar-refractivity contribution is -0.385. The molecule has 0 saturated carbocycles. The van der Waals surface area contributed by atoms with Crippen molar-refractivity contribution in [1.29, 1.82) is 0 Å². The van der Waals surface area contributed by atoms with Crippen molar-refractivity contribution in [2.45, 2.75) is 30.8 Å². The first kappa shape index (κ1) is 18.8. The van der Waals surface area contributed by atoms with Crippen LogP contribution in [0.1, 0.15) is 22.5 Å². The number of nitro groups is 1. The number of hydrogen-bond acceptors (Lipinski definition) is 5. The number of allylic oxidation sites excluding steroid dienone is 1. The van der Waals surface area contributed by atoms with Gasteiger partial charge in [-0.1, -0.05) is 60.3 Å². The van der Waals surface area contributed by atoms with Gasteiger partial charge in [-0.05, 0) is 18.1 Å². The molecule has 3 rings (SSSR count). The summed E-state index contributed by atoms with van der Waals surface area (Å²) in [5, 5.41) is 20.6. The Balaban J connectivity index is 1.80. The maximum absolute atomic E-state index is 11.1. The van der Waals surface area contributed by atoms with E-state index >= 15 is 0 Å². The van der Waals surface area contributed by atoms with E-state index in [-0.39, 0.29) is 10.6 Å². The third kappa shape index (κ3) is 4.43. The van der Waals surface area contributed by atoms with Gasteiger partial charge in [0.15, 0.2) is 5.16 Å². The molecule has 3 aromatic rings. The second kappa shape index (κ2) is 8.64. The fourth-order valence-electron chi connectivity index (χ4n) is 2.81. The van der Waals surface area contributed by atoms with E-state index in [0.29, 0.717) is 24.3 Å². The van der Waals surface area contributed by atoms with Crippen LogP contribution in [0.25, 0.3) is 0 Å². The highest BCUT2D eigenvalue weighted by molar-refractivity contribution is 7.98. The third-order valence-corrected chi connectivity index (χ3v) is 5.30. The summed E-state index contributed by atoms with van der Waals surface area (Å²) in [6, 6.07) is 15.3. The number of aromatic nitrogens is 3. The average molecular weight is 380 g/mol. The minimum atomic E-state index is -0.346. The molecule has 0 spiro atoms. The highest BCUT2D eigenvalue weighted by atomic mass is 32.2. The van der Waals surface area contributed by atoms with Crippen LogP contribution < -0.4 is 0 Å². The number of hydrogen-bond donors (Lipinski definition) is 0. The van der Waals surface area contributed by atoms with Gasteiger partial charge in [-0.25, -0.2) is 0 Å². The van der Waals surface area contributed by atoms with Crippen LogP contribution >= 0.6 is 11.8 Å². The summed E-state index contributed by atoms with van der Waals surface area (Å²) in [5.41, 5.74) is 2.92. The molecule has 0 saturated heterocycles. The van der Waals surface area contributed by atoms with Gasteiger partial charge in [0.2, 0.25) is 0 Å². The number of rotatable bonds is 8. The molecule has 6 nitrogen and oxygen atoms in total. The lowest BCUT2D eigenvalue weighted by Gasteiger charge is -2.09. The van der Waals surface area contributed by atoms with E-state index in [1.807, 2.05) is 34.9 Å². The van der Waals surface area contributed by atoms with E-state index in [4.69, 9.17) is 0 Å². The van der Waals surface area contributed by atoms with Gasteiger partial charge in [-0.15, -0.1) is 16.8 Å². The normalized spacial score (nSPS) is 10.7. The zero-order chi connectivity index (χ0) is 19.2. The molecule has 7 heteroatoms. The molecule has 1 aromatic heterocycles. The van der Waals surface area contributed by atoms with E-state index < -0.39 is 0 Å². The molecule has 27 heavy (non-hydrogen) atoms. The Kier molecular flexibility index (Phi) is 6.03. The van der Waals surface area contributed by atoms with Gasteiger partial charge in [0.1, 0.15) is 5.82 Å². The van der Waals surface area contributed by atoms with Gasteiger partial charge in [-0.2, -0.15) is 0 Å². The predicted molar refractivity (Wildman–Crippen MR) is 107 cm³/mol. The molecule has 0 unspecified atom stereocenters. The molecule has 0 bridgehead atoms. The molecule has 1 heterocycles. The van der Waals surface area contributed by atoms with Crippen LogP contribution in [0.2, 0.25) is 0 Å². The second-order valence-corrected chi connectivity index (χ2v) is 7.01. The maximum Gasteiger partial charge on any atom is 0.272 e. The Hall–Kier alpha value is -2.93. The lowest BCUT2D eigenvalue weighted by atomic mass is 10.1. The van der Waals surface area contributed by atoms with Crippen LogP contribution in [-0.4, -0.2) is 19.7 Å². The van der Waals surface area contributed by atoms with Crippen LogP contribution in [0.3, 0.4) is 0 Å². The summed E-state index contributed by atoms with van der Waals surface area (Å²) in [6.45, 7) is 6.23. The van der Waals surface area contributed by atoms with Crippen LogP contribution in [0.15, 0.2) is 66.3 Å². The van der Waals surface area contributed by atoms with Crippen molar-refractivity contribution in [2.24, 2.45) is 0 Å². The molecule has 0 amide bonds. The topological polar surface area (TPSA) is 73.8 Å². The first-order valence-corrected chi connectivity index (χ1v) is 9.51. The van der Waals surface area contributed by atoms with Gasteiger partial charge >= 0.3 is 0 Å². The Labute approximate surface area is 162 Å². The number of nitrogens with zero attached hydrogens (tertiary/aromatic N) is 4. The summed E-state index contributed by atoms with van der Waals surface area (Å²) < 4.78 is 2.04. The fourth-order valence-corrected chi connectivity index (χ4v) is 3.85. The van der Waals surface area contributed by atoms with Crippen LogP contribution in [0.4, 0.5) is 5.69 Å². The van der Waals surface area contributed by atoms with Crippen molar-refractivity contribution in [3.63, 3.8) is 0 Å². The molecule has 0 aliphatic rings. The molecule has 2 aromatic carbocycles. The monoisotopic (exact) mass is 380 g/mol. The van der Waals surface area contributed by atoms with E-state index in [2.05, 4.69) is 28.9 Å². The average Bonchev–Trinajstić information content (AvgIpc) is 3.03. The Morgan fingerprint density at radius 2 is 1.96 bits per heavy atom. The van der Waals surface area contributed by atoms with Crippen molar-refractivity contribution in [3.05, 3.63) is 93.8 Å². The first-order chi connectivity index (χ1) is 13.1. The second-order valence-electron chi connectivity index (χ2n) is 6.07. The van der Waals surface area contributed by atoms with E-state index in [1.54, 1.807) is 13.0 Å². The summed E-state index contributed by atoms with van der Waals surface area (Å²) >= 11 is 1.53. The van der Waals surface area contributed by atoms with Crippen LogP contribution in [-0.2, 0) is 18.7 Å². The van der Waals surface area contributed by atoms with E-state index in [0.717, 1.165) is 16.5 Å². The molecule has 138 valence electrons. The summed E-state index contributed by atoms with van der Waals surface area (Å²) in [7, 11) is 0. The van der Waals surface area contributed by atoms with Gasteiger partial charge in [0.25, 0.3) is 5.69 Å². The number of benzene rings is 2. The SMILES string of the molecule is C=CCn1c(Cc2ccccc2)nnc1SCc1cccc([N+](=O)[O-])c1C. The number of thioether (sulfide) groups is 1. The van der Waals surface area contributed by atoms with E-state index in [9.17, 15) is 10.1 Å². The third-order valence-electron chi connectivity index (χ3n) is 4.28. The van der Waals surface area contributed by atoms with Gasteiger partial charge in [0, 0.05) is 30.3 Å². The molecule has 0 radical (unpaired) electrons. The quantitative estimate of drug-likeness (QED) is 0.248. The Morgan fingerprint density at radius 1 is 1.19 bits per heavy atom. The zero-order valence-corrected chi connectivity index (χ0v) is 15.9. The molecule has 0 fully saturated rings. The Morgan fingerprint density at radius 3 is 2.67 bits per heavy atom. The van der Waals surface area contributed by atoms with Gasteiger partial charge < -0.3 is 4.57 Å². The van der Waals surface area contributed by atoms with Crippen LogP contribution in [0, 0.1) is 17.0 Å². The highest BCUT2D eigenvalue weighted by Gasteiger charge is 2.16.